The lowest BCUT2D eigenvalue weighted by atomic mass is 9.99. The lowest BCUT2D eigenvalue weighted by Gasteiger charge is -2.16. The number of fused-ring (bicyclic) bond motifs is 1. The number of hydrogen-bond acceptors (Lipinski definition) is 5. The predicted octanol–water partition coefficient (Wildman–Crippen LogP) is 2.04. The van der Waals surface area contributed by atoms with Gasteiger partial charge in [-0.1, -0.05) is 6.08 Å². The van der Waals surface area contributed by atoms with E-state index < -0.39 is 0 Å². The van der Waals surface area contributed by atoms with Gasteiger partial charge in [-0.3, -0.25) is 4.79 Å². The van der Waals surface area contributed by atoms with E-state index in [0.29, 0.717) is 41.5 Å². The van der Waals surface area contributed by atoms with Crippen molar-refractivity contribution < 1.29 is 19.0 Å². The minimum Gasteiger partial charge on any atom is -0.496 e. The summed E-state index contributed by atoms with van der Waals surface area (Å²) in [6.07, 6.45) is 2.43. The van der Waals surface area contributed by atoms with Crippen molar-refractivity contribution in [2.75, 3.05) is 32.7 Å². The fraction of sp³-hybridized carbons (Fsp3) is 0.318. The van der Waals surface area contributed by atoms with Crippen molar-refractivity contribution in [3.63, 3.8) is 0 Å². The largest absolute Gasteiger partial charge is 0.496 e. The molecule has 1 unspecified atom stereocenters. The quantitative estimate of drug-likeness (QED) is 0.624. The number of carbonyl (C=O) groups is 1. The molecule has 2 aromatic carbocycles. The SMILES string of the molecule is CCOc1ccc(NC(=S)NCCC2C=c3c(OC)ccc(OC)c3=NC2=O)cc1. The van der Waals surface area contributed by atoms with Crippen molar-refractivity contribution in [2.24, 2.45) is 10.9 Å². The molecule has 1 aliphatic heterocycles. The van der Waals surface area contributed by atoms with Crippen molar-refractivity contribution >= 4 is 35.0 Å². The van der Waals surface area contributed by atoms with Gasteiger partial charge in [0.05, 0.1) is 26.7 Å². The lowest BCUT2D eigenvalue weighted by Crippen LogP contribution is -2.37. The van der Waals surface area contributed by atoms with Crippen LogP contribution in [0.15, 0.2) is 41.4 Å². The number of rotatable bonds is 8. The normalized spacial score (nSPS) is 14.6. The van der Waals surface area contributed by atoms with Crippen LogP contribution >= 0.6 is 12.2 Å². The maximum Gasteiger partial charge on any atom is 0.253 e. The molecule has 1 heterocycles. The molecule has 1 atom stereocenters. The van der Waals surface area contributed by atoms with E-state index in [4.69, 9.17) is 26.4 Å². The molecule has 30 heavy (non-hydrogen) atoms. The summed E-state index contributed by atoms with van der Waals surface area (Å²) >= 11 is 5.34. The average Bonchev–Trinajstić information content (AvgIpc) is 2.75. The van der Waals surface area contributed by atoms with Crippen LogP contribution in [0.2, 0.25) is 0 Å². The molecule has 3 rings (SSSR count). The van der Waals surface area contributed by atoms with Crippen LogP contribution in [0.5, 0.6) is 17.2 Å². The summed E-state index contributed by atoms with van der Waals surface area (Å²) in [7, 11) is 3.14. The van der Waals surface area contributed by atoms with Crippen LogP contribution in [-0.4, -0.2) is 38.4 Å². The Morgan fingerprint density at radius 3 is 2.47 bits per heavy atom. The second-order valence-electron chi connectivity index (χ2n) is 6.58. The number of methoxy groups -OCH3 is 2. The topological polar surface area (TPSA) is 81.2 Å². The highest BCUT2D eigenvalue weighted by Gasteiger charge is 2.21. The maximum atomic E-state index is 12.5. The van der Waals surface area contributed by atoms with E-state index in [1.807, 2.05) is 43.3 Å². The first-order valence-corrected chi connectivity index (χ1v) is 10.1. The molecule has 0 bridgehead atoms. The summed E-state index contributed by atoms with van der Waals surface area (Å²) < 4.78 is 16.2. The lowest BCUT2D eigenvalue weighted by molar-refractivity contribution is -0.120. The fourth-order valence-electron chi connectivity index (χ4n) is 3.18. The van der Waals surface area contributed by atoms with Gasteiger partial charge in [0, 0.05) is 17.5 Å². The first-order valence-electron chi connectivity index (χ1n) is 9.68. The summed E-state index contributed by atoms with van der Waals surface area (Å²) in [5.41, 5.74) is 0.858. The van der Waals surface area contributed by atoms with Gasteiger partial charge >= 0.3 is 0 Å². The molecule has 0 spiro atoms. The number of hydrogen-bond donors (Lipinski definition) is 2. The number of amides is 1. The Balaban J connectivity index is 1.60. The first kappa shape index (κ1) is 21.6. The monoisotopic (exact) mass is 427 g/mol. The van der Waals surface area contributed by atoms with E-state index in [1.165, 1.54) is 0 Å². The highest BCUT2D eigenvalue weighted by atomic mass is 32.1. The van der Waals surface area contributed by atoms with Crippen LogP contribution in [0, 0.1) is 5.92 Å². The van der Waals surface area contributed by atoms with Crippen molar-refractivity contribution in [1.82, 2.24) is 5.32 Å². The van der Waals surface area contributed by atoms with Crippen LogP contribution in [0.1, 0.15) is 13.3 Å². The highest BCUT2D eigenvalue weighted by molar-refractivity contribution is 7.80. The van der Waals surface area contributed by atoms with Gasteiger partial charge in [-0.15, -0.1) is 0 Å². The molecular formula is C22H25N3O4S. The van der Waals surface area contributed by atoms with Gasteiger partial charge in [0.1, 0.15) is 22.6 Å². The Morgan fingerprint density at radius 2 is 1.80 bits per heavy atom. The Hall–Kier alpha value is -3.13. The Labute approximate surface area is 180 Å². The molecule has 0 saturated heterocycles. The van der Waals surface area contributed by atoms with Gasteiger partial charge in [-0.25, -0.2) is 4.99 Å². The Morgan fingerprint density at radius 1 is 1.10 bits per heavy atom. The molecule has 0 radical (unpaired) electrons. The minimum absolute atomic E-state index is 0.207. The minimum atomic E-state index is -0.362. The fourth-order valence-corrected chi connectivity index (χ4v) is 3.40. The molecule has 2 aromatic rings. The Bertz CT molecular complexity index is 1040. The molecule has 8 heteroatoms. The number of nitrogens with zero attached hydrogens (tertiary/aromatic N) is 1. The number of anilines is 1. The molecule has 2 N–H and O–H groups in total. The number of carbonyl (C=O) groups excluding carboxylic acids is 1. The third-order valence-electron chi connectivity index (χ3n) is 4.65. The second-order valence-corrected chi connectivity index (χ2v) is 6.99. The van der Waals surface area contributed by atoms with Crippen LogP contribution in [0.3, 0.4) is 0 Å². The van der Waals surface area contributed by atoms with Gasteiger partial charge in [0.15, 0.2) is 5.11 Å². The molecular weight excluding hydrogens is 402 g/mol. The zero-order valence-electron chi connectivity index (χ0n) is 17.2. The van der Waals surface area contributed by atoms with Crippen molar-refractivity contribution in [3.8, 4) is 17.2 Å². The van der Waals surface area contributed by atoms with Gasteiger partial charge in [0.2, 0.25) is 0 Å². The third-order valence-corrected chi connectivity index (χ3v) is 4.90. The van der Waals surface area contributed by atoms with E-state index >= 15 is 0 Å². The average molecular weight is 428 g/mol. The smallest absolute Gasteiger partial charge is 0.253 e. The van der Waals surface area contributed by atoms with Crippen LogP contribution in [-0.2, 0) is 4.79 Å². The highest BCUT2D eigenvalue weighted by Crippen LogP contribution is 2.16. The number of benzene rings is 2. The standard InChI is InChI=1S/C22H25N3O4S/c1-4-29-16-7-5-15(6-8-16)24-22(30)23-12-11-14-13-17-18(27-2)9-10-19(28-3)20(17)25-21(14)26/h5-10,13-14H,4,11-12H2,1-3H3,(H2,23,24,30). The van der Waals surface area contributed by atoms with Crippen LogP contribution < -0.4 is 35.4 Å². The molecule has 0 aromatic heterocycles. The molecule has 0 fully saturated rings. The molecule has 0 saturated carbocycles. The molecule has 7 nitrogen and oxygen atoms in total. The van der Waals surface area contributed by atoms with Gasteiger partial charge < -0.3 is 24.8 Å². The maximum absolute atomic E-state index is 12.5. The number of nitrogens with one attached hydrogen (secondary N) is 2. The summed E-state index contributed by atoms with van der Waals surface area (Å²) in [4.78, 5) is 16.7. The summed E-state index contributed by atoms with van der Waals surface area (Å²) in [6.45, 7) is 3.09. The third kappa shape index (κ3) is 5.07. The zero-order chi connectivity index (χ0) is 21.5. The Kier molecular flexibility index (Phi) is 7.24. The van der Waals surface area contributed by atoms with Crippen molar-refractivity contribution in [1.29, 1.82) is 0 Å². The van der Waals surface area contributed by atoms with E-state index in [2.05, 4.69) is 15.6 Å². The van der Waals surface area contributed by atoms with Crippen molar-refractivity contribution in [3.05, 3.63) is 47.0 Å². The van der Waals surface area contributed by atoms with E-state index in [9.17, 15) is 4.79 Å². The first-order chi connectivity index (χ1) is 14.5. The second kappa shape index (κ2) is 10.1. The summed E-state index contributed by atoms with van der Waals surface area (Å²) in [6, 6.07) is 11.1. The zero-order valence-corrected chi connectivity index (χ0v) is 18.0. The van der Waals surface area contributed by atoms with Gasteiger partial charge in [-0.05, 0) is 62.0 Å². The van der Waals surface area contributed by atoms with Crippen LogP contribution in [0.4, 0.5) is 5.69 Å². The van der Waals surface area contributed by atoms with Crippen molar-refractivity contribution in [2.45, 2.75) is 13.3 Å². The summed E-state index contributed by atoms with van der Waals surface area (Å²) in [5, 5.41) is 8.02. The van der Waals surface area contributed by atoms with Gasteiger partial charge in [0.25, 0.3) is 5.91 Å². The molecule has 1 aliphatic rings. The molecule has 158 valence electrons. The number of thiocarbonyl (C=S) groups is 1. The predicted molar refractivity (Wildman–Crippen MR) is 120 cm³/mol. The molecule has 0 aliphatic carbocycles. The van der Waals surface area contributed by atoms with Crippen LogP contribution in [0.25, 0.3) is 6.08 Å². The van der Waals surface area contributed by atoms with E-state index in [0.717, 1.165) is 16.7 Å². The summed E-state index contributed by atoms with van der Waals surface area (Å²) in [5.74, 6) is 1.45. The number of ether oxygens (including phenoxy) is 3. The van der Waals surface area contributed by atoms with Gasteiger partial charge in [-0.2, -0.15) is 0 Å². The van der Waals surface area contributed by atoms with E-state index in [-0.39, 0.29) is 11.8 Å². The van der Waals surface area contributed by atoms with E-state index in [1.54, 1.807) is 20.3 Å². The molecule has 1 amide bonds.